The molecule has 0 radical (unpaired) electrons. The molecule has 0 saturated carbocycles. The largest absolute Gasteiger partial charge is 0.302 e. The number of nitrogens with one attached hydrogen (secondary N) is 1. The number of anilines is 1. The van der Waals surface area contributed by atoms with Gasteiger partial charge in [-0.1, -0.05) is 13.8 Å². The molecule has 0 aliphatic heterocycles. The lowest BCUT2D eigenvalue weighted by atomic mass is 10.2. The Kier molecular flexibility index (Phi) is 4.76. The number of rotatable bonds is 5. The fourth-order valence-corrected chi connectivity index (χ4v) is 3.79. The van der Waals surface area contributed by atoms with Gasteiger partial charge in [-0.15, -0.1) is 11.3 Å². The van der Waals surface area contributed by atoms with Gasteiger partial charge in [0.1, 0.15) is 0 Å². The Morgan fingerprint density at radius 2 is 1.91 bits per heavy atom. The highest BCUT2D eigenvalue weighted by Crippen LogP contribution is 2.26. The van der Waals surface area contributed by atoms with Crippen LogP contribution in [-0.4, -0.2) is 24.2 Å². The van der Waals surface area contributed by atoms with Crippen LogP contribution < -0.4 is 5.32 Å². The van der Waals surface area contributed by atoms with Gasteiger partial charge in [0.25, 0.3) is 5.69 Å². The van der Waals surface area contributed by atoms with Crippen LogP contribution in [0.25, 0.3) is 0 Å². The molecule has 1 aromatic heterocycles. The second-order valence-corrected chi connectivity index (χ2v) is 7.64. The number of carbonyl (C=O) groups excluding carboxylic acids is 1. The molecule has 0 spiro atoms. The summed E-state index contributed by atoms with van der Waals surface area (Å²) in [6.45, 7) is 3.41. The van der Waals surface area contributed by atoms with Crippen LogP contribution in [0.5, 0.6) is 0 Å². The molecule has 10 heteroatoms. The molecule has 2 rings (SSSR count). The van der Waals surface area contributed by atoms with Crippen LogP contribution in [0.15, 0.2) is 39.6 Å². The number of carbonyl (C=O) groups is 1. The van der Waals surface area contributed by atoms with Crippen LogP contribution in [0, 0.1) is 16.0 Å². The third-order valence-corrected chi connectivity index (χ3v) is 5.43. The molecule has 0 bridgehead atoms. The van der Waals surface area contributed by atoms with Crippen molar-refractivity contribution in [2.24, 2.45) is 5.92 Å². The zero-order chi connectivity index (χ0) is 17.2. The van der Waals surface area contributed by atoms with Crippen LogP contribution in [-0.2, 0) is 14.6 Å². The summed E-state index contributed by atoms with van der Waals surface area (Å²) in [5.41, 5.74) is -0.202. The number of benzene rings is 1. The first-order valence-electron chi connectivity index (χ1n) is 6.47. The van der Waals surface area contributed by atoms with E-state index in [2.05, 4.69) is 10.3 Å². The lowest BCUT2D eigenvalue weighted by molar-refractivity contribution is -0.384. The number of hydrogen-bond donors (Lipinski definition) is 1. The zero-order valence-corrected chi connectivity index (χ0v) is 13.8. The molecular formula is C13H13N3O5S2. The Morgan fingerprint density at radius 1 is 1.30 bits per heavy atom. The third kappa shape index (κ3) is 3.71. The predicted molar refractivity (Wildman–Crippen MR) is 84.1 cm³/mol. The van der Waals surface area contributed by atoms with Gasteiger partial charge < -0.3 is 5.32 Å². The van der Waals surface area contributed by atoms with Crippen LogP contribution in [0.1, 0.15) is 13.8 Å². The molecule has 0 unspecified atom stereocenters. The van der Waals surface area contributed by atoms with E-state index in [-0.39, 0.29) is 32.6 Å². The molecular weight excluding hydrogens is 342 g/mol. The topological polar surface area (TPSA) is 119 Å². The molecule has 8 nitrogen and oxygen atoms in total. The van der Waals surface area contributed by atoms with E-state index in [1.807, 2.05) is 0 Å². The Morgan fingerprint density at radius 3 is 2.43 bits per heavy atom. The first-order valence-corrected chi connectivity index (χ1v) is 8.84. The lowest BCUT2D eigenvalue weighted by Gasteiger charge is -2.03. The van der Waals surface area contributed by atoms with Crippen LogP contribution in [0.4, 0.5) is 10.8 Å². The molecule has 0 atom stereocenters. The highest BCUT2D eigenvalue weighted by Gasteiger charge is 2.22. The van der Waals surface area contributed by atoms with Crippen molar-refractivity contribution in [2.75, 3.05) is 5.32 Å². The fraction of sp³-hybridized carbons (Fsp3) is 0.231. The number of sulfone groups is 1. The zero-order valence-electron chi connectivity index (χ0n) is 12.2. The minimum atomic E-state index is -3.89. The maximum Gasteiger partial charge on any atom is 0.269 e. The van der Waals surface area contributed by atoms with Crippen molar-refractivity contribution < 1.29 is 18.1 Å². The fourth-order valence-electron chi connectivity index (χ4n) is 1.56. The first-order chi connectivity index (χ1) is 10.7. The highest BCUT2D eigenvalue weighted by atomic mass is 32.2. The summed E-state index contributed by atoms with van der Waals surface area (Å²) >= 11 is 0.994. The summed E-state index contributed by atoms with van der Waals surface area (Å²) in [6.07, 6.45) is 0. The number of amides is 1. The van der Waals surface area contributed by atoms with E-state index >= 15 is 0 Å². The van der Waals surface area contributed by atoms with Crippen LogP contribution in [0.2, 0.25) is 0 Å². The van der Waals surface area contributed by atoms with Crippen molar-refractivity contribution in [3.8, 4) is 0 Å². The molecule has 1 N–H and O–H groups in total. The Balaban J connectivity index is 2.28. The summed E-state index contributed by atoms with van der Waals surface area (Å²) in [7, 11) is -3.89. The van der Waals surface area contributed by atoms with Crippen molar-refractivity contribution in [2.45, 2.75) is 23.8 Å². The predicted octanol–water partition coefficient (Wildman–Crippen LogP) is 2.48. The monoisotopic (exact) mass is 355 g/mol. The minimum Gasteiger partial charge on any atom is -0.302 e. The van der Waals surface area contributed by atoms with Gasteiger partial charge in [-0.25, -0.2) is 13.4 Å². The standard InChI is InChI=1S/C13H13N3O5S2/c1-8(2)12(17)15-13-14-11(7-22-13)23(20,21)10-5-3-9(4-6-10)16(18)19/h3-8H,1-2H3,(H,14,15,17). The lowest BCUT2D eigenvalue weighted by Crippen LogP contribution is -2.17. The first kappa shape index (κ1) is 17.0. The molecule has 0 saturated heterocycles. The van der Waals surface area contributed by atoms with E-state index in [1.54, 1.807) is 13.8 Å². The minimum absolute atomic E-state index is 0.102. The maximum atomic E-state index is 12.4. The normalized spacial score (nSPS) is 11.4. The summed E-state index contributed by atoms with van der Waals surface area (Å²) in [4.78, 5) is 25.4. The smallest absolute Gasteiger partial charge is 0.269 e. The molecule has 1 heterocycles. The van der Waals surface area contributed by atoms with Gasteiger partial charge in [0.05, 0.1) is 9.82 Å². The van der Waals surface area contributed by atoms with Crippen LogP contribution in [0.3, 0.4) is 0 Å². The van der Waals surface area contributed by atoms with Gasteiger partial charge >= 0.3 is 0 Å². The van der Waals surface area contributed by atoms with Gasteiger partial charge in [0.15, 0.2) is 10.2 Å². The second-order valence-electron chi connectivity index (χ2n) is 4.89. The van der Waals surface area contributed by atoms with Gasteiger partial charge in [0.2, 0.25) is 15.7 Å². The molecule has 1 amide bonds. The molecule has 23 heavy (non-hydrogen) atoms. The maximum absolute atomic E-state index is 12.4. The number of nitrogens with zero attached hydrogens (tertiary/aromatic N) is 2. The van der Waals surface area contributed by atoms with Crippen LogP contribution >= 0.6 is 11.3 Å². The van der Waals surface area contributed by atoms with E-state index in [0.29, 0.717) is 0 Å². The number of aromatic nitrogens is 1. The van der Waals surface area contributed by atoms with Gasteiger partial charge in [-0.3, -0.25) is 14.9 Å². The SMILES string of the molecule is CC(C)C(=O)Nc1nc(S(=O)(=O)c2ccc([N+](=O)[O-])cc2)cs1. The number of hydrogen-bond acceptors (Lipinski definition) is 7. The van der Waals surface area contributed by atoms with E-state index in [4.69, 9.17) is 0 Å². The quantitative estimate of drug-likeness (QED) is 0.650. The summed E-state index contributed by atoms with van der Waals surface area (Å²) < 4.78 is 24.8. The highest BCUT2D eigenvalue weighted by molar-refractivity contribution is 7.91. The Bertz CT molecular complexity index is 841. The molecule has 0 aliphatic carbocycles. The second kappa shape index (κ2) is 6.42. The van der Waals surface area contributed by atoms with E-state index in [9.17, 15) is 23.3 Å². The number of nitro benzene ring substituents is 1. The summed E-state index contributed by atoms with van der Waals surface area (Å²) in [5, 5.41) is 14.4. The van der Waals surface area contributed by atoms with Crippen molar-refractivity contribution in [1.82, 2.24) is 4.98 Å². The van der Waals surface area contributed by atoms with E-state index < -0.39 is 14.8 Å². The van der Waals surface area contributed by atoms with E-state index in [1.165, 1.54) is 5.38 Å². The number of thiazole rings is 1. The number of nitro groups is 1. The molecule has 122 valence electrons. The molecule has 0 fully saturated rings. The van der Waals surface area contributed by atoms with Crippen molar-refractivity contribution in [3.05, 3.63) is 39.8 Å². The number of non-ortho nitro benzene ring substituents is 1. The Labute approximate surface area is 136 Å². The van der Waals surface area contributed by atoms with Crippen molar-refractivity contribution >= 4 is 37.9 Å². The average molecular weight is 355 g/mol. The average Bonchev–Trinajstić information content (AvgIpc) is 2.96. The molecule has 2 aromatic rings. The van der Waals surface area contributed by atoms with Gasteiger partial charge in [-0.05, 0) is 12.1 Å². The van der Waals surface area contributed by atoms with Gasteiger partial charge in [0, 0.05) is 23.4 Å². The molecule has 1 aromatic carbocycles. The molecule has 0 aliphatic rings. The van der Waals surface area contributed by atoms with Crippen molar-refractivity contribution in [1.29, 1.82) is 0 Å². The summed E-state index contributed by atoms with van der Waals surface area (Å²) in [6, 6.07) is 4.53. The third-order valence-electron chi connectivity index (χ3n) is 2.87. The van der Waals surface area contributed by atoms with Crippen molar-refractivity contribution in [3.63, 3.8) is 0 Å². The Hall–Kier alpha value is -2.33. The summed E-state index contributed by atoms with van der Waals surface area (Å²) in [5.74, 6) is -0.521. The van der Waals surface area contributed by atoms with Gasteiger partial charge in [-0.2, -0.15) is 0 Å². The van der Waals surface area contributed by atoms with E-state index in [0.717, 1.165) is 35.6 Å².